The molecular formula is C10H11BrClN. The maximum atomic E-state index is 5.75. The van der Waals surface area contributed by atoms with Crippen molar-refractivity contribution in [2.75, 3.05) is 6.54 Å². The minimum Gasteiger partial charge on any atom is -0.308 e. The summed E-state index contributed by atoms with van der Waals surface area (Å²) < 4.78 is 0.960. The van der Waals surface area contributed by atoms with Gasteiger partial charge in [0.05, 0.1) is 0 Å². The molecule has 0 atom stereocenters. The normalized spacial score (nSPS) is 10.0. The van der Waals surface area contributed by atoms with Gasteiger partial charge in [-0.15, -0.1) is 0 Å². The zero-order valence-corrected chi connectivity index (χ0v) is 9.53. The Balaban J connectivity index is 2.37. The van der Waals surface area contributed by atoms with Gasteiger partial charge < -0.3 is 5.32 Å². The van der Waals surface area contributed by atoms with E-state index in [1.165, 1.54) is 5.56 Å². The second-order valence-electron chi connectivity index (χ2n) is 2.75. The first-order valence-corrected chi connectivity index (χ1v) is 5.14. The molecule has 0 heterocycles. The summed E-state index contributed by atoms with van der Waals surface area (Å²) in [6, 6.07) is 7.79. The van der Waals surface area contributed by atoms with Crippen LogP contribution in [0.5, 0.6) is 0 Å². The van der Waals surface area contributed by atoms with E-state index < -0.39 is 0 Å². The molecule has 0 bridgehead atoms. The number of benzene rings is 1. The van der Waals surface area contributed by atoms with Gasteiger partial charge in [0.25, 0.3) is 0 Å². The van der Waals surface area contributed by atoms with Crippen molar-refractivity contribution in [3.8, 4) is 0 Å². The van der Waals surface area contributed by atoms with Crippen LogP contribution in [0.4, 0.5) is 0 Å². The molecule has 0 unspecified atom stereocenters. The summed E-state index contributed by atoms with van der Waals surface area (Å²) in [5.41, 5.74) is 1.22. The molecule has 0 aliphatic rings. The molecule has 3 heteroatoms. The van der Waals surface area contributed by atoms with Crippen LogP contribution >= 0.6 is 27.5 Å². The summed E-state index contributed by atoms with van der Waals surface area (Å²) in [7, 11) is 0. The maximum absolute atomic E-state index is 5.75. The molecule has 0 spiro atoms. The van der Waals surface area contributed by atoms with Crippen LogP contribution in [0.1, 0.15) is 5.56 Å². The molecule has 0 saturated carbocycles. The predicted octanol–water partition coefficient (Wildman–Crippen LogP) is 3.34. The summed E-state index contributed by atoms with van der Waals surface area (Å²) in [6.07, 6.45) is 0. The van der Waals surface area contributed by atoms with Gasteiger partial charge in [-0.1, -0.05) is 46.2 Å². The highest BCUT2D eigenvalue weighted by Crippen LogP contribution is 2.09. The average molecular weight is 261 g/mol. The molecule has 1 N–H and O–H groups in total. The van der Waals surface area contributed by atoms with Gasteiger partial charge in [0.15, 0.2) is 0 Å². The van der Waals surface area contributed by atoms with E-state index in [4.69, 9.17) is 11.6 Å². The molecule has 1 rings (SSSR count). The summed E-state index contributed by atoms with van der Waals surface area (Å²) in [4.78, 5) is 0. The van der Waals surface area contributed by atoms with Gasteiger partial charge in [0.2, 0.25) is 0 Å². The van der Waals surface area contributed by atoms with Crippen LogP contribution in [0.25, 0.3) is 0 Å². The van der Waals surface area contributed by atoms with E-state index in [1.807, 2.05) is 24.3 Å². The van der Waals surface area contributed by atoms with Crippen LogP contribution in [-0.2, 0) is 6.54 Å². The highest BCUT2D eigenvalue weighted by molar-refractivity contribution is 9.11. The molecule has 0 radical (unpaired) electrons. The van der Waals surface area contributed by atoms with Gasteiger partial charge in [-0.25, -0.2) is 0 Å². The van der Waals surface area contributed by atoms with Crippen molar-refractivity contribution in [2.24, 2.45) is 0 Å². The molecule has 13 heavy (non-hydrogen) atoms. The fourth-order valence-electron chi connectivity index (χ4n) is 0.945. The lowest BCUT2D eigenvalue weighted by Gasteiger charge is -2.03. The molecule has 0 fully saturated rings. The molecule has 1 nitrogen and oxygen atoms in total. The Bertz CT molecular complexity index is 281. The van der Waals surface area contributed by atoms with Crippen molar-refractivity contribution in [3.05, 3.63) is 45.9 Å². The van der Waals surface area contributed by atoms with Crippen molar-refractivity contribution in [2.45, 2.75) is 6.54 Å². The number of nitrogens with one attached hydrogen (secondary N) is 1. The van der Waals surface area contributed by atoms with Gasteiger partial charge in [0.1, 0.15) is 0 Å². The van der Waals surface area contributed by atoms with E-state index in [9.17, 15) is 0 Å². The maximum Gasteiger partial charge on any atom is 0.0406 e. The van der Waals surface area contributed by atoms with E-state index in [-0.39, 0.29) is 0 Å². The predicted molar refractivity (Wildman–Crippen MR) is 61.2 cm³/mol. The van der Waals surface area contributed by atoms with Gasteiger partial charge in [0, 0.05) is 22.6 Å². The van der Waals surface area contributed by atoms with E-state index >= 15 is 0 Å². The third kappa shape index (κ3) is 4.46. The second kappa shape index (κ2) is 5.43. The van der Waals surface area contributed by atoms with Crippen LogP contribution in [-0.4, -0.2) is 6.54 Å². The zero-order valence-electron chi connectivity index (χ0n) is 7.19. The monoisotopic (exact) mass is 259 g/mol. The van der Waals surface area contributed by atoms with Crippen LogP contribution in [0.3, 0.4) is 0 Å². The lowest BCUT2D eigenvalue weighted by atomic mass is 10.2. The van der Waals surface area contributed by atoms with Crippen molar-refractivity contribution >= 4 is 27.5 Å². The van der Waals surface area contributed by atoms with Crippen LogP contribution in [0.2, 0.25) is 5.02 Å². The minimum atomic E-state index is 0.772. The molecule has 0 aromatic heterocycles. The molecule has 1 aromatic rings. The third-order valence-corrected chi connectivity index (χ3v) is 2.09. The molecule has 70 valence electrons. The highest BCUT2D eigenvalue weighted by atomic mass is 79.9. The third-order valence-electron chi connectivity index (χ3n) is 1.56. The molecule has 1 aromatic carbocycles. The SMILES string of the molecule is C=C(Br)CNCc1ccc(Cl)cc1. The molecular weight excluding hydrogens is 249 g/mol. The Morgan fingerprint density at radius 1 is 1.38 bits per heavy atom. The largest absolute Gasteiger partial charge is 0.308 e. The summed E-state index contributed by atoms with van der Waals surface area (Å²) in [6.45, 7) is 5.35. The Morgan fingerprint density at radius 2 is 2.00 bits per heavy atom. The fraction of sp³-hybridized carbons (Fsp3) is 0.200. The van der Waals surface area contributed by atoms with Crippen molar-refractivity contribution in [3.63, 3.8) is 0 Å². The number of halogens is 2. The lowest BCUT2D eigenvalue weighted by Crippen LogP contribution is -2.14. The first-order valence-electron chi connectivity index (χ1n) is 3.97. The second-order valence-corrected chi connectivity index (χ2v) is 4.31. The minimum absolute atomic E-state index is 0.772. The summed E-state index contributed by atoms with van der Waals surface area (Å²) in [5.74, 6) is 0. The quantitative estimate of drug-likeness (QED) is 0.875. The number of hydrogen-bond acceptors (Lipinski definition) is 1. The zero-order chi connectivity index (χ0) is 9.68. The highest BCUT2D eigenvalue weighted by Gasteiger charge is 1.92. The number of hydrogen-bond donors (Lipinski definition) is 1. The van der Waals surface area contributed by atoms with Crippen LogP contribution in [0.15, 0.2) is 35.3 Å². The Labute approximate surface area is 91.9 Å². The van der Waals surface area contributed by atoms with Crippen molar-refractivity contribution in [1.82, 2.24) is 5.32 Å². The lowest BCUT2D eigenvalue weighted by molar-refractivity contribution is 0.757. The fourth-order valence-corrected chi connectivity index (χ4v) is 1.27. The van der Waals surface area contributed by atoms with E-state index in [0.717, 1.165) is 22.6 Å². The van der Waals surface area contributed by atoms with E-state index in [2.05, 4.69) is 27.8 Å². The van der Waals surface area contributed by atoms with Gasteiger partial charge in [-0.3, -0.25) is 0 Å². The molecule has 0 aliphatic carbocycles. The van der Waals surface area contributed by atoms with Crippen molar-refractivity contribution < 1.29 is 0 Å². The number of rotatable bonds is 4. The Kier molecular flexibility index (Phi) is 4.50. The Hall–Kier alpha value is -0.310. The van der Waals surface area contributed by atoms with Gasteiger partial charge in [-0.2, -0.15) is 0 Å². The average Bonchev–Trinajstić information content (AvgIpc) is 2.08. The summed E-state index contributed by atoms with van der Waals surface area (Å²) in [5, 5.41) is 4.00. The van der Waals surface area contributed by atoms with Crippen molar-refractivity contribution in [1.29, 1.82) is 0 Å². The smallest absolute Gasteiger partial charge is 0.0406 e. The Morgan fingerprint density at radius 3 is 2.54 bits per heavy atom. The molecule has 0 saturated heterocycles. The van der Waals surface area contributed by atoms with Crippen LogP contribution < -0.4 is 5.32 Å². The summed E-state index contributed by atoms with van der Waals surface area (Å²) >= 11 is 9.04. The topological polar surface area (TPSA) is 12.0 Å². The molecule has 0 amide bonds. The standard InChI is InChI=1S/C10H11BrClN/c1-8(11)6-13-7-9-2-4-10(12)5-3-9/h2-5,13H,1,6-7H2. The van der Waals surface area contributed by atoms with E-state index in [0.29, 0.717) is 0 Å². The first-order chi connectivity index (χ1) is 6.18. The van der Waals surface area contributed by atoms with Gasteiger partial charge in [-0.05, 0) is 17.7 Å². The first kappa shape index (κ1) is 10.8. The van der Waals surface area contributed by atoms with Crippen LogP contribution in [0, 0.1) is 0 Å². The van der Waals surface area contributed by atoms with E-state index in [1.54, 1.807) is 0 Å². The van der Waals surface area contributed by atoms with Gasteiger partial charge >= 0.3 is 0 Å². The molecule has 0 aliphatic heterocycles.